The van der Waals surface area contributed by atoms with Gasteiger partial charge in [0.1, 0.15) is 0 Å². The van der Waals surface area contributed by atoms with Crippen molar-refractivity contribution in [3.63, 3.8) is 0 Å². The van der Waals surface area contributed by atoms with E-state index >= 15 is 0 Å². The molecule has 57 heavy (non-hydrogen) atoms. The van der Waals surface area contributed by atoms with Crippen molar-refractivity contribution < 1.29 is 0 Å². The van der Waals surface area contributed by atoms with Crippen LogP contribution in [0.25, 0.3) is 44.2 Å². The lowest BCUT2D eigenvalue weighted by molar-refractivity contribution is 0.420. The van der Waals surface area contributed by atoms with Gasteiger partial charge in [-0.1, -0.05) is 149 Å². The molecular weight excluding hydrogens is 687 g/mol. The molecule has 0 N–H and O–H groups in total. The monoisotopic (exact) mass is 739 g/mol. The normalized spacial score (nSPS) is 20.8. The van der Waals surface area contributed by atoms with Gasteiger partial charge in [-0.3, -0.25) is 0 Å². The molecule has 1 heteroatoms. The maximum atomic E-state index is 2.49. The molecule has 11 rings (SSSR count). The van der Waals surface area contributed by atoms with E-state index in [1.165, 1.54) is 141 Å². The highest BCUT2D eigenvalue weighted by atomic mass is 15.1. The van der Waals surface area contributed by atoms with Gasteiger partial charge < -0.3 is 4.90 Å². The van der Waals surface area contributed by atoms with Crippen LogP contribution in [0.15, 0.2) is 152 Å². The first kappa shape index (κ1) is 34.8. The Morgan fingerprint density at radius 1 is 0.474 bits per heavy atom. The average molecular weight is 740 g/mol. The fourth-order valence-electron chi connectivity index (χ4n) is 11.7. The second kappa shape index (κ2) is 13.9. The Labute approximate surface area is 339 Å². The summed E-state index contributed by atoms with van der Waals surface area (Å²) >= 11 is 0. The molecule has 0 aliphatic heterocycles. The summed E-state index contributed by atoms with van der Waals surface area (Å²) in [5, 5.41) is 2.59. The van der Waals surface area contributed by atoms with Crippen molar-refractivity contribution in [2.75, 3.05) is 4.90 Å². The molecular formula is C56H53N. The highest BCUT2D eigenvalue weighted by Crippen LogP contribution is 2.54. The largest absolute Gasteiger partial charge is 0.310 e. The highest BCUT2D eigenvalue weighted by molar-refractivity contribution is 5.98. The first-order valence-corrected chi connectivity index (χ1v) is 21.9. The number of hydrogen-bond donors (Lipinski definition) is 0. The lowest BCUT2D eigenvalue weighted by Crippen LogP contribution is -2.17. The average Bonchev–Trinajstić information content (AvgIpc) is 3.97. The third kappa shape index (κ3) is 6.05. The van der Waals surface area contributed by atoms with Gasteiger partial charge in [0, 0.05) is 22.5 Å². The van der Waals surface area contributed by atoms with Crippen molar-refractivity contribution in [3.05, 3.63) is 174 Å². The van der Waals surface area contributed by atoms with Gasteiger partial charge in [0.2, 0.25) is 0 Å². The molecule has 282 valence electrons. The first-order valence-electron chi connectivity index (χ1n) is 21.9. The minimum absolute atomic E-state index is 0.147. The zero-order chi connectivity index (χ0) is 38.1. The van der Waals surface area contributed by atoms with E-state index in [9.17, 15) is 0 Å². The van der Waals surface area contributed by atoms with Crippen molar-refractivity contribution in [1.29, 1.82) is 0 Å². The van der Waals surface area contributed by atoms with E-state index in [-0.39, 0.29) is 5.41 Å². The molecule has 4 aliphatic carbocycles. The van der Waals surface area contributed by atoms with Crippen molar-refractivity contribution in [1.82, 2.24) is 0 Å². The first-order chi connectivity index (χ1) is 28.0. The van der Waals surface area contributed by atoms with Crippen LogP contribution in [0, 0.1) is 11.8 Å². The van der Waals surface area contributed by atoms with E-state index in [0.29, 0.717) is 5.92 Å². The molecule has 0 radical (unpaired) electrons. The van der Waals surface area contributed by atoms with Gasteiger partial charge in [-0.15, -0.1) is 0 Å². The van der Waals surface area contributed by atoms with Crippen molar-refractivity contribution >= 4 is 27.8 Å². The minimum Gasteiger partial charge on any atom is -0.310 e. The van der Waals surface area contributed by atoms with Crippen LogP contribution in [-0.4, -0.2) is 0 Å². The molecule has 3 saturated carbocycles. The molecule has 3 atom stereocenters. The van der Waals surface area contributed by atoms with Crippen LogP contribution in [0.3, 0.4) is 0 Å². The molecule has 7 aromatic rings. The maximum absolute atomic E-state index is 2.49. The SMILES string of the molecule is CC1(C)c2cc(-c3cccc4ccccc34)ccc2-c2ccc(N(c3ccc(-c4cccc(C5CCCCC5)c4)cc3)c3ccc(C4CC5CCC4C5)cc3)cc21. The summed E-state index contributed by atoms with van der Waals surface area (Å²) in [5.41, 5.74) is 17.2. The van der Waals surface area contributed by atoms with Gasteiger partial charge in [-0.05, 0) is 165 Å². The highest BCUT2D eigenvalue weighted by Gasteiger charge is 2.40. The van der Waals surface area contributed by atoms with Gasteiger partial charge in [0.25, 0.3) is 0 Å². The van der Waals surface area contributed by atoms with E-state index < -0.39 is 0 Å². The van der Waals surface area contributed by atoms with Gasteiger partial charge in [0.05, 0.1) is 0 Å². The van der Waals surface area contributed by atoms with Gasteiger partial charge in [0.15, 0.2) is 0 Å². The summed E-state index contributed by atoms with van der Waals surface area (Å²) in [6, 6.07) is 58.3. The maximum Gasteiger partial charge on any atom is 0.0465 e. The smallest absolute Gasteiger partial charge is 0.0465 e. The number of hydrogen-bond acceptors (Lipinski definition) is 1. The molecule has 7 aromatic carbocycles. The van der Waals surface area contributed by atoms with E-state index in [2.05, 4.69) is 170 Å². The number of nitrogens with zero attached hydrogens (tertiary/aromatic N) is 1. The van der Waals surface area contributed by atoms with Gasteiger partial charge in [-0.2, -0.15) is 0 Å². The van der Waals surface area contributed by atoms with Crippen LogP contribution in [0.4, 0.5) is 17.1 Å². The van der Waals surface area contributed by atoms with Crippen LogP contribution in [0.5, 0.6) is 0 Å². The van der Waals surface area contributed by atoms with E-state index in [4.69, 9.17) is 0 Å². The fraction of sp³-hybridized carbons (Fsp3) is 0.286. The Bertz CT molecular complexity index is 2600. The molecule has 3 unspecified atom stereocenters. The van der Waals surface area contributed by atoms with Gasteiger partial charge in [-0.25, -0.2) is 0 Å². The molecule has 3 fully saturated rings. The zero-order valence-electron chi connectivity index (χ0n) is 33.6. The molecule has 0 heterocycles. The number of anilines is 3. The summed E-state index contributed by atoms with van der Waals surface area (Å²) in [5.74, 6) is 3.26. The Balaban J connectivity index is 0.965. The van der Waals surface area contributed by atoms with Gasteiger partial charge >= 0.3 is 0 Å². The van der Waals surface area contributed by atoms with Crippen LogP contribution in [0.2, 0.25) is 0 Å². The third-order valence-corrected chi connectivity index (χ3v) is 14.8. The lowest BCUT2D eigenvalue weighted by atomic mass is 9.81. The zero-order valence-corrected chi connectivity index (χ0v) is 33.6. The number of benzene rings is 7. The Morgan fingerprint density at radius 2 is 1.16 bits per heavy atom. The molecule has 2 bridgehead atoms. The number of rotatable bonds is 7. The molecule has 1 nitrogen and oxygen atoms in total. The standard InChI is InChI=1S/C56H53N/c1-56(2)54-35-45(50-17-9-13-40-12-6-7-16-49(40)50)24-30-51(54)52-31-29-48(36-55(52)56)57(47-27-22-41(23-28-47)53-33-37-18-19-44(53)32-37)46-25-20-39(21-26-46)43-15-8-14-42(34-43)38-10-4-3-5-11-38/h6-9,12-17,20-31,34-38,44,53H,3-5,10-11,18-19,32-33H2,1-2H3. The van der Waals surface area contributed by atoms with E-state index in [0.717, 1.165) is 17.8 Å². The Kier molecular flexibility index (Phi) is 8.50. The van der Waals surface area contributed by atoms with Crippen LogP contribution in [-0.2, 0) is 5.41 Å². The lowest BCUT2D eigenvalue weighted by Gasteiger charge is -2.29. The van der Waals surface area contributed by atoms with Crippen molar-refractivity contribution in [2.45, 2.75) is 88.9 Å². The fourth-order valence-corrected chi connectivity index (χ4v) is 11.7. The molecule has 0 amide bonds. The number of fused-ring (bicyclic) bond motifs is 6. The quantitative estimate of drug-likeness (QED) is 0.157. The second-order valence-electron chi connectivity index (χ2n) is 18.4. The van der Waals surface area contributed by atoms with Crippen LogP contribution >= 0.6 is 0 Å². The van der Waals surface area contributed by atoms with E-state index in [1.54, 1.807) is 0 Å². The molecule has 0 saturated heterocycles. The molecule has 4 aliphatic rings. The van der Waals surface area contributed by atoms with Crippen molar-refractivity contribution in [3.8, 4) is 33.4 Å². The van der Waals surface area contributed by atoms with Crippen LogP contribution in [0.1, 0.15) is 106 Å². The summed E-state index contributed by atoms with van der Waals surface area (Å²) in [4.78, 5) is 2.49. The summed E-state index contributed by atoms with van der Waals surface area (Å²) in [6.07, 6.45) is 12.4. The van der Waals surface area contributed by atoms with E-state index in [1.807, 2.05) is 0 Å². The minimum atomic E-state index is -0.147. The summed E-state index contributed by atoms with van der Waals surface area (Å²) < 4.78 is 0. The Hall–Kier alpha value is -5.40. The second-order valence-corrected chi connectivity index (χ2v) is 18.4. The van der Waals surface area contributed by atoms with Crippen LogP contribution < -0.4 is 4.90 Å². The third-order valence-electron chi connectivity index (χ3n) is 14.8. The summed E-state index contributed by atoms with van der Waals surface area (Å²) in [6.45, 7) is 4.83. The topological polar surface area (TPSA) is 3.24 Å². The predicted molar refractivity (Wildman–Crippen MR) is 241 cm³/mol. The van der Waals surface area contributed by atoms with Crippen molar-refractivity contribution in [2.24, 2.45) is 11.8 Å². The Morgan fingerprint density at radius 3 is 1.93 bits per heavy atom. The molecule has 0 aromatic heterocycles. The summed E-state index contributed by atoms with van der Waals surface area (Å²) in [7, 11) is 0. The predicted octanol–water partition coefficient (Wildman–Crippen LogP) is 15.9. The molecule has 0 spiro atoms.